The van der Waals surface area contributed by atoms with E-state index in [9.17, 15) is 14.4 Å². The van der Waals surface area contributed by atoms with Crippen molar-refractivity contribution in [2.75, 3.05) is 4.90 Å². The van der Waals surface area contributed by atoms with Crippen LogP contribution < -0.4 is 10.5 Å². The van der Waals surface area contributed by atoms with Gasteiger partial charge in [-0.2, -0.15) is 0 Å². The van der Waals surface area contributed by atoms with E-state index in [0.717, 1.165) is 21.8 Å². The van der Waals surface area contributed by atoms with Crippen molar-refractivity contribution in [2.24, 2.45) is 0 Å². The van der Waals surface area contributed by atoms with E-state index >= 15 is 0 Å². The second kappa shape index (κ2) is 4.35. The molecule has 0 saturated heterocycles. The number of amides is 2. The number of imide groups is 1. The Balaban J connectivity index is 1.96. The molecule has 0 radical (unpaired) electrons. The topological polar surface area (TPSA) is 71.8 Å². The number of fused-ring (bicyclic) bond motifs is 3. The first-order valence-electron chi connectivity index (χ1n) is 6.54. The molecule has 2 aromatic heterocycles. The van der Waals surface area contributed by atoms with Crippen molar-refractivity contribution >= 4 is 33.8 Å². The number of anilines is 1. The van der Waals surface area contributed by atoms with Gasteiger partial charge in [0.2, 0.25) is 0 Å². The van der Waals surface area contributed by atoms with Gasteiger partial charge < -0.3 is 0 Å². The predicted octanol–water partition coefficient (Wildman–Crippen LogP) is 1.87. The molecule has 22 heavy (non-hydrogen) atoms. The van der Waals surface area contributed by atoms with Crippen LogP contribution in [0.15, 0.2) is 41.3 Å². The van der Waals surface area contributed by atoms with Gasteiger partial charge in [-0.05, 0) is 24.6 Å². The van der Waals surface area contributed by atoms with Crippen LogP contribution in [0.25, 0.3) is 4.96 Å². The first kappa shape index (κ1) is 12.9. The minimum atomic E-state index is -0.494. The molecule has 3 aromatic rings. The zero-order valence-electron chi connectivity index (χ0n) is 11.4. The van der Waals surface area contributed by atoms with Crippen molar-refractivity contribution in [3.8, 4) is 0 Å². The molecule has 1 aliphatic heterocycles. The highest BCUT2D eigenvalue weighted by Gasteiger charge is 2.41. The Morgan fingerprint density at radius 3 is 2.68 bits per heavy atom. The van der Waals surface area contributed by atoms with Gasteiger partial charge in [0.05, 0.1) is 5.69 Å². The number of carbonyl (C=O) groups excluding carboxylic acids is 2. The highest BCUT2D eigenvalue weighted by atomic mass is 32.1. The molecule has 0 spiro atoms. The van der Waals surface area contributed by atoms with Gasteiger partial charge in [-0.3, -0.25) is 14.4 Å². The third-order valence-electron chi connectivity index (χ3n) is 3.51. The van der Waals surface area contributed by atoms with Gasteiger partial charge in [-0.25, -0.2) is 14.3 Å². The van der Waals surface area contributed by atoms with E-state index in [-0.39, 0.29) is 16.1 Å². The minimum Gasteiger partial charge on any atom is -0.269 e. The summed E-state index contributed by atoms with van der Waals surface area (Å²) in [5, 5.41) is 0. The first-order chi connectivity index (χ1) is 10.6. The standard InChI is InChI=1S/C15H9N3O3S/c1-8-3-2-4-9(7-8)17-13(20)11-12(14(17)21)22-15-16-6-5-10(19)18(11)15/h2-7H,1H3. The van der Waals surface area contributed by atoms with E-state index in [1.807, 2.05) is 13.0 Å². The van der Waals surface area contributed by atoms with Gasteiger partial charge in [0.1, 0.15) is 10.6 Å². The first-order valence-corrected chi connectivity index (χ1v) is 7.35. The van der Waals surface area contributed by atoms with E-state index in [1.54, 1.807) is 18.2 Å². The molecule has 0 N–H and O–H groups in total. The molecule has 3 heterocycles. The Bertz CT molecular complexity index is 1020. The molecule has 6 nitrogen and oxygen atoms in total. The van der Waals surface area contributed by atoms with Crippen LogP contribution in [0.2, 0.25) is 0 Å². The van der Waals surface area contributed by atoms with E-state index < -0.39 is 11.8 Å². The minimum absolute atomic E-state index is 0.101. The molecule has 1 aromatic carbocycles. The molecule has 0 aliphatic carbocycles. The van der Waals surface area contributed by atoms with Gasteiger partial charge in [0.25, 0.3) is 17.4 Å². The average molecular weight is 311 g/mol. The molecule has 0 atom stereocenters. The molecule has 1 aliphatic rings. The third kappa shape index (κ3) is 1.59. The van der Waals surface area contributed by atoms with Crippen molar-refractivity contribution in [3.05, 3.63) is 63.0 Å². The van der Waals surface area contributed by atoms with E-state index in [0.29, 0.717) is 10.6 Å². The van der Waals surface area contributed by atoms with Crippen LogP contribution in [0.4, 0.5) is 5.69 Å². The summed E-state index contributed by atoms with van der Waals surface area (Å²) in [5.74, 6) is -0.910. The Labute approximate surface area is 128 Å². The van der Waals surface area contributed by atoms with Crippen molar-refractivity contribution in [3.63, 3.8) is 0 Å². The molecular weight excluding hydrogens is 302 g/mol. The number of carbonyl (C=O) groups is 2. The summed E-state index contributed by atoms with van der Waals surface area (Å²) in [5.41, 5.74) is 1.18. The number of aromatic nitrogens is 2. The van der Waals surface area contributed by atoms with E-state index in [2.05, 4.69) is 4.98 Å². The summed E-state index contributed by atoms with van der Waals surface area (Å²) in [7, 11) is 0. The maximum atomic E-state index is 12.7. The maximum Gasteiger partial charge on any atom is 0.284 e. The highest BCUT2D eigenvalue weighted by Crippen LogP contribution is 2.33. The zero-order chi connectivity index (χ0) is 15.4. The van der Waals surface area contributed by atoms with Gasteiger partial charge in [0, 0.05) is 12.3 Å². The number of hydrogen-bond donors (Lipinski definition) is 0. The number of rotatable bonds is 1. The summed E-state index contributed by atoms with van der Waals surface area (Å²) in [6, 6.07) is 8.39. The summed E-state index contributed by atoms with van der Waals surface area (Å²) in [6.45, 7) is 1.88. The van der Waals surface area contributed by atoms with Crippen molar-refractivity contribution < 1.29 is 9.59 Å². The molecule has 0 saturated carbocycles. The predicted molar refractivity (Wildman–Crippen MR) is 81.7 cm³/mol. The number of nitrogens with zero attached hydrogens (tertiary/aromatic N) is 3. The smallest absolute Gasteiger partial charge is 0.269 e. The Kier molecular flexibility index (Phi) is 2.55. The SMILES string of the molecule is Cc1cccc(N2C(=O)c3sc4nccc(=O)n4c3C2=O)c1. The second-order valence-corrected chi connectivity index (χ2v) is 5.94. The summed E-state index contributed by atoms with van der Waals surface area (Å²) >= 11 is 1.05. The van der Waals surface area contributed by atoms with Crippen molar-refractivity contribution in [1.82, 2.24) is 9.38 Å². The Morgan fingerprint density at radius 1 is 1.09 bits per heavy atom. The Hall–Kier alpha value is -2.80. The highest BCUT2D eigenvalue weighted by molar-refractivity contribution is 7.19. The summed E-state index contributed by atoms with van der Waals surface area (Å²) < 4.78 is 1.20. The van der Waals surface area contributed by atoms with Gasteiger partial charge in [-0.15, -0.1) is 0 Å². The number of thiazole rings is 1. The molecule has 0 bridgehead atoms. The lowest BCUT2D eigenvalue weighted by atomic mass is 10.2. The van der Waals surface area contributed by atoms with Crippen LogP contribution in [-0.4, -0.2) is 21.2 Å². The lowest BCUT2D eigenvalue weighted by molar-refractivity contribution is 0.0925. The van der Waals surface area contributed by atoms with Crippen LogP contribution >= 0.6 is 11.3 Å². The molecule has 0 fully saturated rings. The van der Waals surface area contributed by atoms with Crippen LogP contribution in [0.1, 0.15) is 25.7 Å². The van der Waals surface area contributed by atoms with Crippen molar-refractivity contribution in [2.45, 2.75) is 6.92 Å². The monoisotopic (exact) mass is 311 g/mol. The second-order valence-electron chi connectivity index (χ2n) is 4.97. The fraction of sp³-hybridized carbons (Fsp3) is 0.0667. The quantitative estimate of drug-likeness (QED) is 0.643. The van der Waals surface area contributed by atoms with Gasteiger partial charge in [0.15, 0.2) is 4.96 Å². The fourth-order valence-electron chi connectivity index (χ4n) is 2.55. The van der Waals surface area contributed by atoms with Crippen molar-refractivity contribution in [1.29, 1.82) is 0 Å². The fourth-order valence-corrected chi connectivity index (χ4v) is 3.57. The van der Waals surface area contributed by atoms with E-state index in [1.165, 1.54) is 16.7 Å². The van der Waals surface area contributed by atoms with Crippen LogP contribution in [0.3, 0.4) is 0 Å². The normalized spacial score (nSPS) is 14.0. The summed E-state index contributed by atoms with van der Waals surface area (Å²) in [4.78, 5) is 43.0. The average Bonchev–Trinajstić information content (AvgIpc) is 2.97. The lowest BCUT2D eigenvalue weighted by Crippen LogP contribution is -2.31. The van der Waals surface area contributed by atoms with Gasteiger partial charge >= 0.3 is 0 Å². The third-order valence-corrected chi connectivity index (χ3v) is 4.55. The largest absolute Gasteiger partial charge is 0.284 e. The molecule has 7 heteroatoms. The molecule has 108 valence electrons. The number of benzene rings is 1. The van der Waals surface area contributed by atoms with E-state index in [4.69, 9.17) is 0 Å². The molecular formula is C15H9N3O3S. The molecule has 4 rings (SSSR count). The Morgan fingerprint density at radius 2 is 1.91 bits per heavy atom. The van der Waals surface area contributed by atoms with Crippen LogP contribution in [-0.2, 0) is 0 Å². The number of hydrogen-bond acceptors (Lipinski definition) is 5. The van der Waals surface area contributed by atoms with Crippen LogP contribution in [0.5, 0.6) is 0 Å². The maximum absolute atomic E-state index is 12.7. The number of aryl methyl sites for hydroxylation is 1. The molecule has 2 amide bonds. The zero-order valence-corrected chi connectivity index (χ0v) is 12.3. The van der Waals surface area contributed by atoms with Gasteiger partial charge in [-0.1, -0.05) is 23.5 Å². The molecule has 0 unspecified atom stereocenters. The summed E-state index contributed by atoms with van der Waals surface area (Å²) in [6.07, 6.45) is 1.37. The van der Waals surface area contributed by atoms with Crippen LogP contribution in [0, 0.1) is 6.92 Å². The lowest BCUT2D eigenvalue weighted by Gasteiger charge is -2.14.